The van der Waals surface area contributed by atoms with Crippen molar-refractivity contribution in [2.75, 3.05) is 40.3 Å². The van der Waals surface area contributed by atoms with Crippen LogP contribution in [0, 0.1) is 11.8 Å². The topological polar surface area (TPSA) is 56.8 Å². The van der Waals surface area contributed by atoms with E-state index in [1.165, 1.54) is 0 Å². The molecule has 0 atom stereocenters. The Bertz CT molecular complexity index is 870. The monoisotopic (exact) mass is 380 g/mol. The molecular weight excluding hydrogens is 352 g/mol. The van der Waals surface area contributed by atoms with Gasteiger partial charge in [-0.25, -0.2) is 0 Å². The minimum absolute atomic E-state index is 0.0673. The van der Waals surface area contributed by atoms with Gasteiger partial charge in [0.05, 0.1) is 11.4 Å². The van der Waals surface area contributed by atoms with Gasteiger partial charge in [-0.2, -0.15) is 0 Å². The molecular formula is C22H28N4O2. The Kier molecular flexibility index (Phi) is 5.31. The van der Waals surface area contributed by atoms with Crippen molar-refractivity contribution in [3.05, 3.63) is 42.1 Å². The van der Waals surface area contributed by atoms with Crippen LogP contribution in [-0.4, -0.2) is 71.8 Å². The number of fused-ring (bicyclic) bond motifs is 1. The van der Waals surface area contributed by atoms with E-state index < -0.39 is 0 Å². The summed E-state index contributed by atoms with van der Waals surface area (Å²) < 4.78 is 0. The normalized spacial score (nSPS) is 18.9. The van der Waals surface area contributed by atoms with Gasteiger partial charge >= 0.3 is 0 Å². The molecule has 3 heterocycles. The zero-order valence-corrected chi connectivity index (χ0v) is 16.7. The van der Waals surface area contributed by atoms with Crippen LogP contribution in [0.3, 0.4) is 0 Å². The molecule has 2 fully saturated rings. The molecule has 2 aromatic rings. The third-order valence-electron chi connectivity index (χ3n) is 6.07. The Labute approximate surface area is 166 Å². The predicted molar refractivity (Wildman–Crippen MR) is 109 cm³/mol. The SMILES string of the molecule is CN1CCC(C(=O)N2CC(C(=O)N(C)Cc3ccc4ncccc4c3)C2)CC1. The number of likely N-dealkylation sites (tertiary alicyclic amines) is 2. The molecule has 0 spiro atoms. The molecule has 0 N–H and O–H groups in total. The summed E-state index contributed by atoms with van der Waals surface area (Å²) in [4.78, 5) is 35.6. The molecule has 1 aromatic heterocycles. The Morgan fingerprint density at radius 1 is 1.14 bits per heavy atom. The van der Waals surface area contributed by atoms with E-state index in [1.54, 1.807) is 11.1 Å². The summed E-state index contributed by atoms with van der Waals surface area (Å²) in [6, 6.07) is 10.1. The molecule has 0 unspecified atom stereocenters. The van der Waals surface area contributed by atoms with E-state index in [2.05, 4.69) is 23.0 Å². The van der Waals surface area contributed by atoms with E-state index in [0.717, 1.165) is 42.4 Å². The highest BCUT2D eigenvalue weighted by atomic mass is 16.2. The van der Waals surface area contributed by atoms with Gasteiger partial charge in [-0.3, -0.25) is 14.6 Å². The van der Waals surface area contributed by atoms with Crippen molar-refractivity contribution in [2.24, 2.45) is 11.8 Å². The summed E-state index contributed by atoms with van der Waals surface area (Å²) >= 11 is 0. The molecule has 148 valence electrons. The number of carbonyl (C=O) groups excluding carboxylic acids is 2. The summed E-state index contributed by atoms with van der Waals surface area (Å²) in [6.07, 6.45) is 3.65. The van der Waals surface area contributed by atoms with Gasteiger partial charge in [0.1, 0.15) is 0 Å². The summed E-state index contributed by atoms with van der Waals surface area (Å²) in [5.74, 6) is 0.430. The van der Waals surface area contributed by atoms with Crippen LogP contribution in [0.5, 0.6) is 0 Å². The van der Waals surface area contributed by atoms with Crippen molar-refractivity contribution in [3.8, 4) is 0 Å². The second-order valence-corrected chi connectivity index (χ2v) is 8.24. The molecule has 2 saturated heterocycles. The molecule has 0 bridgehead atoms. The quantitative estimate of drug-likeness (QED) is 0.814. The first-order valence-corrected chi connectivity index (χ1v) is 10.1. The van der Waals surface area contributed by atoms with E-state index in [0.29, 0.717) is 19.6 Å². The number of hydrogen-bond acceptors (Lipinski definition) is 4. The summed E-state index contributed by atoms with van der Waals surface area (Å²) in [7, 11) is 3.94. The molecule has 2 amide bonds. The van der Waals surface area contributed by atoms with Crippen molar-refractivity contribution in [1.29, 1.82) is 0 Å². The molecule has 0 saturated carbocycles. The number of benzene rings is 1. The largest absolute Gasteiger partial charge is 0.341 e. The number of hydrogen-bond donors (Lipinski definition) is 0. The third-order valence-corrected chi connectivity index (χ3v) is 6.07. The van der Waals surface area contributed by atoms with Crippen LogP contribution in [0.25, 0.3) is 10.9 Å². The molecule has 1 aromatic carbocycles. The number of amides is 2. The zero-order valence-electron chi connectivity index (χ0n) is 16.7. The summed E-state index contributed by atoms with van der Waals surface area (Å²) in [6.45, 7) is 3.67. The Balaban J connectivity index is 1.29. The van der Waals surface area contributed by atoms with E-state index in [-0.39, 0.29) is 23.7 Å². The lowest BCUT2D eigenvalue weighted by Gasteiger charge is -2.42. The van der Waals surface area contributed by atoms with Gasteiger partial charge in [0.25, 0.3) is 0 Å². The number of carbonyl (C=O) groups is 2. The van der Waals surface area contributed by atoms with E-state index in [9.17, 15) is 9.59 Å². The third kappa shape index (κ3) is 3.87. The number of rotatable bonds is 4. The van der Waals surface area contributed by atoms with Crippen molar-refractivity contribution >= 4 is 22.7 Å². The van der Waals surface area contributed by atoms with Crippen molar-refractivity contribution in [1.82, 2.24) is 19.7 Å². The molecule has 0 aliphatic carbocycles. The maximum absolute atomic E-state index is 12.7. The summed E-state index contributed by atoms with van der Waals surface area (Å²) in [5, 5.41) is 1.08. The van der Waals surface area contributed by atoms with Gasteiger partial charge < -0.3 is 14.7 Å². The number of aromatic nitrogens is 1. The molecule has 2 aliphatic rings. The molecule has 4 rings (SSSR count). The van der Waals surface area contributed by atoms with Gasteiger partial charge in [0.15, 0.2) is 0 Å². The van der Waals surface area contributed by atoms with Gasteiger partial charge in [0.2, 0.25) is 11.8 Å². The molecule has 0 radical (unpaired) electrons. The van der Waals surface area contributed by atoms with Crippen molar-refractivity contribution in [2.45, 2.75) is 19.4 Å². The highest BCUT2D eigenvalue weighted by Crippen LogP contribution is 2.25. The predicted octanol–water partition coefficient (Wildman–Crippen LogP) is 1.99. The Morgan fingerprint density at radius 3 is 2.64 bits per heavy atom. The average molecular weight is 380 g/mol. The molecule has 28 heavy (non-hydrogen) atoms. The van der Waals surface area contributed by atoms with Gasteiger partial charge in [-0.15, -0.1) is 0 Å². The lowest BCUT2D eigenvalue weighted by Crippen LogP contribution is -2.57. The Morgan fingerprint density at radius 2 is 1.89 bits per heavy atom. The smallest absolute Gasteiger partial charge is 0.229 e. The van der Waals surface area contributed by atoms with E-state index in [4.69, 9.17) is 0 Å². The maximum Gasteiger partial charge on any atom is 0.229 e. The first kappa shape index (κ1) is 18.9. The first-order chi connectivity index (χ1) is 13.5. The minimum Gasteiger partial charge on any atom is -0.341 e. The fourth-order valence-electron chi connectivity index (χ4n) is 4.22. The number of pyridine rings is 1. The first-order valence-electron chi connectivity index (χ1n) is 10.1. The van der Waals surface area contributed by atoms with Crippen molar-refractivity contribution in [3.63, 3.8) is 0 Å². The van der Waals surface area contributed by atoms with Crippen LogP contribution < -0.4 is 0 Å². The lowest BCUT2D eigenvalue weighted by atomic mass is 9.91. The lowest BCUT2D eigenvalue weighted by molar-refractivity contribution is -0.151. The second-order valence-electron chi connectivity index (χ2n) is 8.24. The fraction of sp³-hybridized carbons (Fsp3) is 0.500. The van der Waals surface area contributed by atoms with Crippen molar-refractivity contribution < 1.29 is 9.59 Å². The number of piperidine rings is 1. The van der Waals surface area contributed by atoms with E-state index in [1.807, 2.05) is 36.2 Å². The van der Waals surface area contributed by atoms with Gasteiger partial charge in [-0.05, 0) is 56.7 Å². The van der Waals surface area contributed by atoms with Crippen LogP contribution in [0.2, 0.25) is 0 Å². The fourth-order valence-corrected chi connectivity index (χ4v) is 4.22. The van der Waals surface area contributed by atoms with Gasteiger partial charge in [0, 0.05) is 44.2 Å². The Hall–Kier alpha value is -2.47. The molecule has 6 heteroatoms. The van der Waals surface area contributed by atoms with Gasteiger partial charge in [-0.1, -0.05) is 12.1 Å². The average Bonchev–Trinajstić information content (AvgIpc) is 2.67. The summed E-state index contributed by atoms with van der Waals surface area (Å²) in [5.41, 5.74) is 2.05. The highest BCUT2D eigenvalue weighted by molar-refractivity contribution is 5.85. The molecule has 6 nitrogen and oxygen atoms in total. The number of nitrogens with zero attached hydrogens (tertiary/aromatic N) is 4. The molecule has 2 aliphatic heterocycles. The van der Waals surface area contributed by atoms with E-state index >= 15 is 0 Å². The zero-order chi connectivity index (χ0) is 19.7. The maximum atomic E-state index is 12.7. The van der Waals surface area contributed by atoms with Crippen LogP contribution >= 0.6 is 0 Å². The highest BCUT2D eigenvalue weighted by Gasteiger charge is 2.39. The van der Waals surface area contributed by atoms with Crippen LogP contribution in [0.15, 0.2) is 36.5 Å². The van der Waals surface area contributed by atoms with Crippen LogP contribution in [-0.2, 0) is 16.1 Å². The standard InChI is InChI=1S/C22H28N4O2/c1-24-10-7-17(8-11-24)22(28)26-14-19(15-26)21(27)25(2)13-16-5-6-20-18(12-16)4-3-9-23-20/h3-6,9,12,17,19H,7-8,10-11,13-15H2,1-2H3. The van der Waals surface area contributed by atoms with Crippen LogP contribution in [0.4, 0.5) is 0 Å². The van der Waals surface area contributed by atoms with Crippen LogP contribution in [0.1, 0.15) is 18.4 Å². The second kappa shape index (κ2) is 7.87. The minimum atomic E-state index is -0.0673.